The first-order valence-electron chi connectivity index (χ1n) is 9.78. The maximum atomic E-state index is 12.0. The zero-order valence-corrected chi connectivity index (χ0v) is 20.0. The van der Waals surface area contributed by atoms with E-state index >= 15 is 0 Å². The van der Waals surface area contributed by atoms with Gasteiger partial charge in [0, 0.05) is 31.3 Å². The van der Waals surface area contributed by atoms with Gasteiger partial charge in [-0.25, -0.2) is 4.99 Å². The maximum Gasteiger partial charge on any atom is 0.251 e. The number of benzene rings is 2. The molecule has 0 radical (unpaired) electrons. The number of hydrogen-bond acceptors (Lipinski definition) is 4. The number of ether oxygens (including phenoxy) is 2. The molecule has 7 nitrogen and oxygen atoms in total. The predicted octanol–water partition coefficient (Wildman–Crippen LogP) is 3.07. The van der Waals surface area contributed by atoms with Gasteiger partial charge in [0.1, 0.15) is 17.6 Å². The van der Waals surface area contributed by atoms with Crippen LogP contribution in [0.15, 0.2) is 59.6 Å². The highest BCUT2D eigenvalue weighted by Gasteiger charge is 2.06. The first-order valence-corrected chi connectivity index (χ1v) is 9.78. The molecule has 0 aliphatic carbocycles. The number of aliphatic imine (C=N–C) groups is 1. The van der Waals surface area contributed by atoms with Gasteiger partial charge in [-0.1, -0.05) is 24.3 Å². The van der Waals surface area contributed by atoms with Crippen LogP contribution >= 0.6 is 24.0 Å². The number of carbonyl (C=O) groups is 1. The molecule has 0 heterocycles. The lowest BCUT2D eigenvalue weighted by Gasteiger charge is -2.16. The van der Waals surface area contributed by atoms with Crippen molar-refractivity contribution in [3.8, 4) is 11.5 Å². The Hall–Kier alpha value is -2.49. The summed E-state index contributed by atoms with van der Waals surface area (Å²) in [5.41, 5.74) is 0.650. The average Bonchev–Trinajstić information content (AvgIpc) is 2.75. The van der Waals surface area contributed by atoms with Crippen LogP contribution in [0.5, 0.6) is 11.5 Å². The van der Waals surface area contributed by atoms with E-state index in [9.17, 15) is 4.79 Å². The first-order chi connectivity index (χ1) is 14.1. The van der Waals surface area contributed by atoms with Gasteiger partial charge in [0.05, 0.1) is 13.7 Å². The smallest absolute Gasteiger partial charge is 0.251 e. The molecule has 1 atom stereocenters. The van der Waals surface area contributed by atoms with E-state index in [4.69, 9.17) is 9.47 Å². The maximum absolute atomic E-state index is 12.0. The molecule has 0 saturated carbocycles. The Morgan fingerprint density at radius 2 is 1.70 bits per heavy atom. The summed E-state index contributed by atoms with van der Waals surface area (Å²) >= 11 is 0. The van der Waals surface area contributed by atoms with E-state index in [-0.39, 0.29) is 36.0 Å². The van der Waals surface area contributed by atoms with Crippen LogP contribution in [-0.4, -0.2) is 51.3 Å². The molecule has 1 unspecified atom stereocenters. The summed E-state index contributed by atoms with van der Waals surface area (Å²) in [5.74, 6) is 2.09. The quantitative estimate of drug-likeness (QED) is 0.192. The predicted molar refractivity (Wildman–Crippen MR) is 131 cm³/mol. The average molecular weight is 526 g/mol. The van der Waals surface area contributed by atoms with Crippen molar-refractivity contribution >= 4 is 35.8 Å². The number of halogens is 1. The minimum atomic E-state index is -0.102. The summed E-state index contributed by atoms with van der Waals surface area (Å²) in [6, 6.07) is 16.7. The van der Waals surface area contributed by atoms with Crippen molar-refractivity contribution in [2.45, 2.75) is 20.0 Å². The van der Waals surface area contributed by atoms with E-state index in [0.717, 1.165) is 18.0 Å². The van der Waals surface area contributed by atoms with Crippen molar-refractivity contribution in [2.24, 2.45) is 4.99 Å². The lowest BCUT2D eigenvalue weighted by molar-refractivity contribution is 0.0954. The fourth-order valence-corrected chi connectivity index (χ4v) is 2.55. The van der Waals surface area contributed by atoms with E-state index < -0.39 is 0 Å². The van der Waals surface area contributed by atoms with E-state index in [1.165, 1.54) is 0 Å². The second kappa shape index (κ2) is 14.5. The van der Waals surface area contributed by atoms with Gasteiger partial charge in [-0.2, -0.15) is 0 Å². The van der Waals surface area contributed by atoms with E-state index in [1.807, 2.05) is 56.3 Å². The second-order valence-corrected chi connectivity index (χ2v) is 6.38. The minimum absolute atomic E-state index is 0. The summed E-state index contributed by atoms with van der Waals surface area (Å²) in [6.45, 7) is 6.26. The van der Waals surface area contributed by atoms with Crippen molar-refractivity contribution in [1.29, 1.82) is 0 Å². The zero-order valence-electron chi connectivity index (χ0n) is 17.7. The molecule has 0 aliphatic rings. The SMILES string of the molecule is CCNC(=NCC(C)Oc1cccc(OC)c1)NCCNC(=O)c1ccccc1.I. The van der Waals surface area contributed by atoms with Gasteiger partial charge in [-0.05, 0) is 38.1 Å². The van der Waals surface area contributed by atoms with Crippen LogP contribution in [0.4, 0.5) is 0 Å². The van der Waals surface area contributed by atoms with Crippen LogP contribution in [0.3, 0.4) is 0 Å². The van der Waals surface area contributed by atoms with Gasteiger partial charge >= 0.3 is 0 Å². The molecular weight excluding hydrogens is 495 g/mol. The number of hydrogen-bond donors (Lipinski definition) is 3. The molecule has 2 rings (SSSR count). The standard InChI is InChI=1S/C22H30N4O3.HI/c1-4-23-22(25-14-13-24-21(27)18-9-6-5-7-10-18)26-16-17(2)29-20-12-8-11-19(15-20)28-3;/h5-12,15,17H,4,13-14,16H2,1-3H3,(H,24,27)(H2,23,25,26);1H. The lowest BCUT2D eigenvalue weighted by Crippen LogP contribution is -2.42. The van der Waals surface area contributed by atoms with Crippen LogP contribution in [0.1, 0.15) is 24.2 Å². The number of methoxy groups -OCH3 is 1. The van der Waals surface area contributed by atoms with E-state index in [1.54, 1.807) is 19.2 Å². The molecule has 30 heavy (non-hydrogen) atoms. The first kappa shape index (κ1) is 25.5. The topological polar surface area (TPSA) is 84.0 Å². The molecular formula is C22H31IN4O3. The summed E-state index contributed by atoms with van der Waals surface area (Å²) in [7, 11) is 1.63. The van der Waals surface area contributed by atoms with Crippen molar-refractivity contribution in [3.05, 3.63) is 60.2 Å². The van der Waals surface area contributed by atoms with Crippen molar-refractivity contribution < 1.29 is 14.3 Å². The molecule has 0 saturated heterocycles. The van der Waals surface area contributed by atoms with Gasteiger partial charge in [0.2, 0.25) is 0 Å². The summed E-state index contributed by atoms with van der Waals surface area (Å²) in [5, 5.41) is 9.29. The lowest BCUT2D eigenvalue weighted by atomic mass is 10.2. The Morgan fingerprint density at radius 1 is 1.00 bits per heavy atom. The monoisotopic (exact) mass is 526 g/mol. The number of guanidine groups is 1. The molecule has 164 valence electrons. The number of nitrogens with one attached hydrogen (secondary N) is 3. The fraction of sp³-hybridized carbons (Fsp3) is 0.364. The minimum Gasteiger partial charge on any atom is -0.497 e. The van der Waals surface area contributed by atoms with Gasteiger partial charge in [-0.3, -0.25) is 4.79 Å². The highest BCUT2D eigenvalue weighted by atomic mass is 127. The molecule has 8 heteroatoms. The molecule has 0 bridgehead atoms. The van der Waals surface area contributed by atoms with Gasteiger partial charge in [0.15, 0.2) is 5.96 Å². The van der Waals surface area contributed by atoms with E-state index in [2.05, 4.69) is 20.9 Å². The van der Waals surface area contributed by atoms with Crippen LogP contribution in [0.25, 0.3) is 0 Å². The van der Waals surface area contributed by atoms with Gasteiger partial charge < -0.3 is 25.4 Å². The van der Waals surface area contributed by atoms with Crippen LogP contribution < -0.4 is 25.4 Å². The summed E-state index contributed by atoms with van der Waals surface area (Å²) in [4.78, 5) is 16.6. The molecule has 1 amide bonds. The van der Waals surface area contributed by atoms with Gasteiger partial charge in [-0.15, -0.1) is 24.0 Å². The Morgan fingerprint density at radius 3 is 2.40 bits per heavy atom. The molecule has 2 aromatic rings. The summed E-state index contributed by atoms with van der Waals surface area (Å²) in [6.07, 6.45) is -0.102. The molecule has 0 aromatic heterocycles. The fourth-order valence-electron chi connectivity index (χ4n) is 2.55. The van der Waals surface area contributed by atoms with Crippen molar-refractivity contribution in [1.82, 2.24) is 16.0 Å². The Labute approximate surface area is 195 Å². The number of rotatable bonds is 10. The number of nitrogens with zero attached hydrogens (tertiary/aromatic N) is 1. The largest absolute Gasteiger partial charge is 0.497 e. The van der Waals surface area contributed by atoms with Crippen LogP contribution in [0, 0.1) is 0 Å². The van der Waals surface area contributed by atoms with Crippen molar-refractivity contribution in [3.63, 3.8) is 0 Å². The van der Waals surface area contributed by atoms with Gasteiger partial charge in [0.25, 0.3) is 5.91 Å². The molecule has 0 aliphatic heterocycles. The highest BCUT2D eigenvalue weighted by Crippen LogP contribution is 2.19. The van der Waals surface area contributed by atoms with Crippen molar-refractivity contribution in [2.75, 3.05) is 33.3 Å². The Kier molecular flexibility index (Phi) is 12.3. The number of amides is 1. The molecule has 2 aromatic carbocycles. The summed E-state index contributed by atoms with van der Waals surface area (Å²) < 4.78 is 11.1. The van der Waals surface area contributed by atoms with Crippen LogP contribution in [-0.2, 0) is 0 Å². The normalized spacial score (nSPS) is 11.6. The van der Waals surface area contributed by atoms with Crippen LogP contribution in [0.2, 0.25) is 0 Å². The Bertz CT molecular complexity index is 787. The zero-order chi connectivity index (χ0) is 20.9. The number of carbonyl (C=O) groups excluding carboxylic acids is 1. The molecule has 0 spiro atoms. The Balaban J connectivity index is 0.00000450. The third-order valence-electron chi connectivity index (χ3n) is 3.97. The van der Waals surface area contributed by atoms with E-state index in [0.29, 0.717) is 31.2 Å². The molecule has 0 fully saturated rings. The second-order valence-electron chi connectivity index (χ2n) is 6.38. The third-order valence-corrected chi connectivity index (χ3v) is 3.97. The third kappa shape index (κ3) is 9.34. The molecule has 3 N–H and O–H groups in total. The highest BCUT2D eigenvalue weighted by molar-refractivity contribution is 14.0.